The third kappa shape index (κ3) is 2.60. The number of esters is 1. The van der Waals surface area contributed by atoms with E-state index in [1.807, 2.05) is 12.2 Å². The maximum atomic E-state index is 12.2. The lowest BCUT2D eigenvalue weighted by atomic mass is 9.95. The molecule has 27 heavy (non-hydrogen) atoms. The summed E-state index contributed by atoms with van der Waals surface area (Å²) in [5.74, 6) is -0.327. The van der Waals surface area contributed by atoms with Crippen LogP contribution in [0.1, 0.15) is 5.56 Å². The number of rotatable bonds is 2. The molecule has 0 saturated carbocycles. The summed E-state index contributed by atoms with van der Waals surface area (Å²) in [6.07, 6.45) is 8.64. The van der Waals surface area contributed by atoms with Gasteiger partial charge in [-0.15, -0.1) is 0 Å². The van der Waals surface area contributed by atoms with E-state index in [4.69, 9.17) is 13.6 Å². The molecule has 132 valence electrons. The molecule has 1 aliphatic heterocycles. The molecule has 2 aliphatic rings. The fourth-order valence-corrected chi connectivity index (χ4v) is 3.08. The van der Waals surface area contributed by atoms with Crippen LogP contribution < -0.4 is 5.63 Å². The summed E-state index contributed by atoms with van der Waals surface area (Å²) in [4.78, 5) is 33.1. The van der Waals surface area contributed by atoms with E-state index in [0.717, 1.165) is 0 Å². The molecule has 1 aliphatic carbocycles. The smallest absolute Gasteiger partial charge is 0.347 e. The topological polar surface area (TPSA) is 94.9 Å². The number of carbonyl (C=O) groups is 1. The summed E-state index contributed by atoms with van der Waals surface area (Å²) in [6, 6.07) is 8.16. The lowest BCUT2D eigenvalue weighted by Gasteiger charge is -2.24. The number of aliphatic imine (C=N–C) groups is 1. The van der Waals surface area contributed by atoms with E-state index in [2.05, 4.69) is 9.98 Å². The predicted octanol–water partition coefficient (Wildman–Crippen LogP) is 2.86. The fourth-order valence-electron chi connectivity index (χ4n) is 3.08. The molecule has 0 bridgehead atoms. The average Bonchev–Trinajstić information content (AvgIpc) is 3.18. The highest BCUT2D eigenvalue weighted by Crippen LogP contribution is 2.27. The third-order valence-corrected chi connectivity index (χ3v) is 4.43. The fraction of sp³-hybridized carbons (Fsp3) is 0.100. The normalized spacial score (nSPS) is 21.0. The van der Waals surface area contributed by atoms with Crippen molar-refractivity contribution >= 4 is 22.8 Å². The van der Waals surface area contributed by atoms with Crippen LogP contribution in [0.5, 0.6) is 0 Å². The van der Waals surface area contributed by atoms with Gasteiger partial charge in [0.1, 0.15) is 12.2 Å². The SMILES string of the molecule is O=C1OC(c2coc(-c3nc4ccccc4c(=O)o3)c2)=NC2C=CC=CC12. The summed E-state index contributed by atoms with van der Waals surface area (Å²) < 4.78 is 16.1. The first-order valence-electron chi connectivity index (χ1n) is 8.33. The highest BCUT2D eigenvalue weighted by Gasteiger charge is 2.34. The van der Waals surface area contributed by atoms with Crippen molar-refractivity contribution < 1.29 is 18.4 Å². The van der Waals surface area contributed by atoms with E-state index in [1.165, 1.54) is 6.26 Å². The van der Waals surface area contributed by atoms with Crippen LogP contribution in [-0.2, 0) is 9.53 Å². The number of benzene rings is 1. The van der Waals surface area contributed by atoms with Crippen molar-refractivity contribution in [2.24, 2.45) is 10.9 Å². The molecule has 1 aromatic carbocycles. The first-order chi connectivity index (χ1) is 13.2. The van der Waals surface area contributed by atoms with Crippen LogP contribution in [0.25, 0.3) is 22.6 Å². The lowest BCUT2D eigenvalue weighted by Crippen LogP contribution is -2.35. The van der Waals surface area contributed by atoms with Gasteiger partial charge in [0.05, 0.1) is 22.5 Å². The molecule has 0 radical (unpaired) electrons. The molecule has 7 nitrogen and oxygen atoms in total. The molecule has 2 atom stereocenters. The molecule has 2 unspecified atom stereocenters. The van der Waals surface area contributed by atoms with Crippen molar-refractivity contribution in [1.82, 2.24) is 4.98 Å². The second-order valence-electron chi connectivity index (χ2n) is 6.16. The number of para-hydroxylation sites is 1. The molecule has 0 amide bonds. The maximum absolute atomic E-state index is 12.2. The summed E-state index contributed by atoms with van der Waals surface area (Å²) >= 11 is 0. The Morgan fingerprint density at radius 3 is 2.81 bits per heavy atom. The number of aromatic nitrogens is 1. The Morgan fingerprint density at radius 1 is 1.04 bits per heavy atom. The van der Waals surface area contributed by atoms with Crippen LogP contribution in [0.15, 0.2) is 79.5 Å². The van der Waals surface area contributed by atoms with Crippen molar-refractivity contribution in [3.05, 3.63) is 76.9 Å². The molecule has 0 spiro atoms. The first-order valence-corrected chi connectivity index (χ1v) is 8.33. The largest absolute Gasteiger partial charge is 0.458 e. The molecule has 7 heteroatoms. The van der Waals surface area contributed by atoms with Crippen LogP contribution in [0, 0.1) is 5.92 Å². The minimum absolute atomic E-state index is 0.0473. The van der Waals surface area contributed by atoms with Gasteiger partial charge in [0.15, 0.2) is 5.76 Å². The summed E-state index contributed by atoms with van der Waals surface area (Å²) in [5, 5.41) is 0.391. The molecular weight excluding hydrogens is 348 g/mol. The number of carbonyl (C=O) groups excluding carboxylic acids is 1. The zero-order chi connectivity index (χ0) is 18.4. The van der Waals surface area contributed by atoms with Gasteiger partial charge in [-0.1, -0.05) is 36.4 Å². The Labute approximate surface area is 152 Å². The minimum Gasteiger partial charge on any atom is -0.458 e. The molecule has 0 N–H and O–H groups in total. The highest BCUT2D eigenvalue weighted by molar-refractivity contribution is 6.03. The first kappa shape index (κ1) is 15.5. The Balaban J connectivity index is 1.53. The second-order valence-corrected chi connectivity index (χ2v) is 6.16. The monoisotopic (exact) mass is 360 g/mol. The molecule has 5 rings (SSSR count). The molecule has 0 fully saturated rings. The predicted molar refractivity (Wildman–Crippen MR) is 96.2 cm³/mol. The van der Waals surface area contributed by atoms with Crippen molar-refractivity contribution in [3.8, 4) is 11.7 Å². The van der Waals surface area contributed by atoms with Gasteiger partial charge in [0.2, 0.25) is 5.90 Å². The highest BCUT2D eigenvalue weighted by atomic mass is 16.5. The van der Waals surface area contributed by atoms with Gasteiger partial charge in [0.25, 0.3) is 5.89 Å². The van der Waals surface area contributed by atoms with Gasteiger partial charge in [-0.25, -0.2) is 14.8 Å². The lowest BCUT2D eigenvalue weighted by molar-refractivity contribution is -0.139. The van der Waals surface area contributed by atoms with Gasteiger partial charge in [-0.05, 0) is 12.1 Å². The number of cyclic esters (lactones) is 1. The summed E-state index contributed by atoms with van der Waals surface area (Å²) in [7, 11) is 0. The zero-order valence-corrected chi connectivity index (χ0v) is 13.9. The summed E-state index contributed by atoms with van der Waals surface area (Å²) in [5.41, 5.74) is 0.472. The molecule has 0 saturated heterocycles. The van der Waals surface area contributed by atoms with E-state index in [1.54, 1.807) is 42.5 Å². The van der Waals surface area contributed by atoms with Crippen LogP contribution in [0.2, 0.25) is 0 Å². The number of hydrogen-bond acceptors (Lipinski definition) is 7. The van der Waals surface area contributed by atoms with Crippen molar-refractivity contribution in [2.75, 3.05) is 0 Å². The number of allylic oxidation sites excluding steroid dienone is 2. The maximum Gasteiger partial charge on any atom is 0.347 e. The van der Waals surface area contributed by atoms with Crippen molar-refractivity contribution in [2.45, 2.75) is 6.04 Å². The second kappa shape index (κ2) is 5.91. The molecular formula is C20H12N2O5. The van der Waals surface area contributed by atoms with Gasteiger partial charge in [-0.2, -0.15) is 0 Å². The van der Waals surface area contributed by atoms with Crippen LogP contribution in [-0.4, -0.2) is 22.9 Å². The van der Waals surface area contributed by atoms with Gasteiger partial charge >= 0.3 is 11.6 Å². The van der Waals surface area contributed by atoms with Gasteiger partial charge in [0, 0.05) is 6.07 Å². The van der Waals surface area contributed by atoms with Gasteiger partial charge in [-0.3, -0.25) is 4.79 Å². The summed E-state index contributed by atoms with van der Waals surface area (Å²) in [6.45, 7) is 0. The number of furan rings is 1. The molecule has 3 aromatic rings. The average molecular weight is 360 g/mol. The molecule has 2 aromatic heterocycles. The molecule has 3 heterocycles. The minimum atomic E-state index is -0.503. The van der Waals surface area contributed by atoms with E-state index in [0.29, 0.717) is 16.5 Å². The number of hydrogen-bond donors (Lipinski definition) is 0. The van der Waals surface area contributed by atoms with Crippen molar-refractivity contribution in [3.63, 3.8) is 0 Å². The Morgan fingerprint density at radius 2 is 1.89 bits per heavy atom. The van der Waals surface area contributed by atoms with E-state index < -0.39 is 11.5 Å². The Kier molecular flexibility index (Phi) is 3.39. The Hall–Kier alpha value is -3.74. The standard InChI is InChI=1S/C20H12N2O5/c23-19-12-5-1-3-7-14(12)21-17(26-19)11-9-16(25-10-11)18-22-15-8-4-2-6-13(15)20(24)27-18/h1-10,12,14H. The zero-order valence-electron chi connectivity index (χ0n) is 13.9. The van der Waals surface area contributed by atoms with E-state index in [-0.39, 0.29) is 29.6 Å². The van der Waals surface area contributed by atoms with Gasteiger partial charge < -0.3 is 13.6 Å². The van der Waals surface area contributed by atoms with Crippen LogP contribution in [0.4, 0.5) is 0 Å². The number of ether oxygens (including phenoxy) is 1. The van der Waals surface area contributed by atoms with Crippen LogP contribution in [0.3, 0.4) is 0 Å². The Bertz CT molecular complexity index is 1210. The van der Waals surface area contributed by atoms with Crippen molar-refractivity contribution in [1.29, 1.82) is 0 Å². The number of fused-ring (bicyclic) bond motifs is 2. The van der Waals surface area contributed by atoms with Crippen LogP contribution >= 0.6 is 0 Å². The van der Waals surface area contributed by atoms with E-state index >= 15 is 0 Å². The quantitative estimate of drug-likeness (QED) is 0.652. The van der Waals surface area contributed by atoms with E-state index in [9.17, 15) is 9.59 Å². The third-order valence-electron chi connectivity index (χ3n) is 4.43. The number of nitrogens with zero attached hydrogens (tertiary/aromatic N) is 2.